The van der Waals surface area contributed by atoms with Crippen molar-refractivity contribution in [1.29, 1.82) is 0 Å². The topological polar surface area (TPSA) is 92.4 Å². The smallest absolute Gasteiger partial charge is 0.326 e. The van der Waals surface area contributed by atoms with Crippen LogP contribution >= 0.6 is 11.6 Å². The van der Waals surface area contributed by atoms with Crippen LogP contribution in [0.5, 0.6) is 0 Å². The summed E-state index contributed by atoms with van der Waals surface area (Å²) in [5.41, 5.74) is 5.28. The number of amides is 1. The molecular formula is C9H17ClN2O3. The molecule has 1 amide bonds. The highest BCUT2D eigenvalue weighted by Crippen LogP contribution is 2.02. The minimum absolute atomic E-state index is 0.377. The van der Waals surface area contributed by atoms with Gasteiger partial charge in [-0.25, -0.2) is 4.79 Å². The van der Waals surface area contributed by atoms with E-state index < -0.39 is 23.3 Å². The van der Waals surface area contributed by atoms with Gasteiger partial charge in [-0.2, -0.15) is 0 Å². The first kappa shape index (κ1) is 14.2. The van der Waals surface area contributed by atoms with Crippen molar-refractivity contribution < 1.29 is 14.7 Å². The third-order valence-electron chi connectivity index (χ3n) is 1.92. The molecule has 0 aliphatic carbocycles. The molecule has 6 heteroatoms. The molecule has 1 unspecified atom stereocenters. The standard InChI is InChI=1S/C9H17ClN2O3/c1-6(10)8(13)12-7(9(14)15)4-2-3-5-11/h6-7H,2-5,11H2,1H3,(H,12,13)(H,14,15)/t6?,7-/m0/s1. The number of unbranched alkanes of at least 4 members (excludes halogenated alkanes) is 1. The molecule has 0 aromatic rings. The normalized spacial score (nSPS) is 14.3. The van der Waals surface area contributed by atoms with Gasteiger partial charge in [0.15, 0.2) is 0 Å². The van der Waals surface area contributed by atoms with Gasteiger partial charge < -0.3 is 16.2 Å². The Morgan fingerprint density at radius 2 is 2.07 bits per heavy atom. The number of carboxylic acid groups (broad SMARTS) is 1. The second-order valence-corrected chi connectivity index (χ2v) is 3.95. The van der Waals surface area contributed by atoms with Crippen molar-refractivity contribution in [3.63, 3.8) is 0 Å². The lowest BCUT2D eigenvalue weighted by Gasteiger charge is -2.14. The summed E-state index contributed by atoms with van der Waals surface area (Å²) in [5, 5.41) is 10.5. The minimum Gasteiger partial charge on any atom is -0.480 e. The Morgan fingerprint density at radius 1 is 1.47 bits per heavy atom. The molecule has 0 radical (unpaired) electrons. The summed E-state index contributed by atoms with van der Waals surface area (Å²) in [6.07, 6.45) is 1.79. The number of hydrogen-bond acceptors (Lipinski definition) is 3. The van der Waals surface area contributed by atoms with E-state index in [2.05, 4.69) is 5.32 Å². The number of rotatable bonds is 7. The first-order valence-electron chi connectivity index (χ1n) is 4.86. The Labute approximate surface area is 94.0 Å². The maximum absolute atomic E-state index is 11.2. The van der Waals surface area contributed by atoms with E-state index >= 15 is 0 Å². The molecule has 0 bridgehead atoms. The lowest BCUT2D eigenvalue weighted by atomic mass is 10.1. The number of carbonyl (C=O) groups is 2. The number of nitrogens with two attached hydrogens (primary N) is 1. The highest BCUT2D eigenvalue weighted by atomic mass is 35.5. The summed E-state index contributed by atoms with van der Waals surface area (Å²) < 4.78 is 0. The van der Waals surface area contributed by atoms with Crippen LogP contribution in [0.1, 0.15) is 26.2 Å². The van der Waals surface area contributed by atoms with Crippen molar-refractivity contribution in [2.75, 3.05) is 6.54 Å². The lowest BCUT2D eigenvalue weighted by molar-refractivity contribution is -0.141. The van der Waals surface area contributed by atoms with Gasteiger partial charge in [0, 0.05) is 0 Å². The predicted octanol–water partition coefficient (Wildman–Crippen LogP) is 0.312. The molecular weight excluding hydrogens is 220 g/mol. The molecule has 15 heavy (non-hydrogen) atoms. The molecule has 5 nitrogen and oxygen atoms in total. The largest absolute Gasteiger partial charge is 0.480 e. The number of carboxylic acids is 1. The van der Waals surface area contributed by atoms with Crippen LogP contribution in [0.4, 0.5) is 0 Å². The fourth-order valence-corrected chi connectivity index (χ4v) is 1.10. The van der Waals surface area contributed by atoms with Crippen LogP contribution in [0, 0.1) is 0 Å². The summed E-state index contributed by atoms with van der Waals surface area (Å²) >= 11 is 5.51. The summed E-state index contributed by atoms with van der Waals surface area (Å²) in [4.78, 5) is 21.9. The highest BCUT2D eigenvalue weighted by Gasteiger charge is 2.21. The monoisotopic (exact) mass is 236 g/mol. The SMILES string of the molecule is CC(Cl)C(=O)N[C@@H](CCCCN)C(=O)O. The third kappa shape index (κ3) is 6.30. The first-order chi connectivity index (χ1) is 6.99. The Morgan fingerprint density at radius 3 is 2.47 bits per heavy atom. The van der Waals surface area contributed by atoms with Gasteiger partial charge in [-0.05, 0) is 32.7 Å². The van der Waals surface area contributed by atoms with Crippen LogP contribution in [-0.2, 0) is 9.59 Å². The highest BCUT2D eigenvalue weighted by molar-refractivity contribution is 6.30. The second-order valence-electron chi connectivity index (χ2n) is 3.30. The van der Waals surface area contributed by atoms with Crippen LogP contribution < -0.4 is 11.1 Å². The quantitative estimate of drug-likeness (QED) is 0.438. The number of alkyl halides is 1. The molecule has 2 atom stereocenters. The van der Waals surface area contributed by atoms with Crippen molar-refractivity contribution >= 4 is 23.5 Å². The maximum atomic E-state index is 11.2. The Kier molecular flexibility index (Phi) is 7.07. The van der Waals surface area contributed by atoms with Gasteiger partial charge in [0.25, 0.3) is 0 Å². The summed E-state index contributed by atoms with van der Waals surface area (Å²) in [5.74, 6) is -1.51. The van der Waals surface area contributed by atoms with E-state index in [9.17, 15) is 9.59 Å². The molecule has 0 rings (SSSR count). The van der Waals surface area contributed by atoms with Gasteiger partial charge in [-0.15, -0.1) is 11.6 Å². The molecule has 4 N–H and O–H groups in total. The molecule has 0 heterocycles. The van der Waals surface area contributed by atoms with Gasteiger partial charge in [-0.1, -0.05) is 0 Å². The van der Waals surface area contributed by atoms with E-state index in [1.807, 2.05) is 0 Å². The molecule has 0 spiro atoms. The molecule has 0 aliphatic heterocycles. The van der Waals surface area contributed by atoms with Crippen LogP contribution in [0.3, 0.4) is 0 Å². The number of halogens is 1. The molecule has 88 valence electrons. The van der Waals surface area contributed by atoms with Crippen LogP contribution in [0.25, 0.3) is 0 Å². The summed E-state index contributed by atoms with van der Waals surface area (Å²) in [6, 6.07) is -0.870. The molecule has 0 fully saturated rings. The number of hydrogen-bond donors (Lipinski definition) is 3. The minimum atomic E-state index is -1.04. The molecule has 0 aliphatic rings. The summed E-state index contributed by atoms with van der Waals surface area (Å²) in [7, 11) is 0. The Bertz CT molecular complexity index is 221. The summed E-state index contributed by atoms with van der Waals surface area (Å²) in [6.45, 7) is 2.02. The fraction of sp³-hybridized carbons (Fsp3) is 0.778. The van der Waals surface area contributed by atoms with E-state index in [1.54, 1.807) is 0 Å². The van der Waals surface area contributed by atoms with Gasteiger partial charge in [0.1, 0.15) is 11.4 Å². The first-order valence-corrected chi connectivity index (χ1v) is 5.30. The third-order valence-corrected chi connectivity index (χ3v) is 2.12. The maximum Gasteiger partial charge on any atom is 0.326 e. The van der Waals surface area contributed by atoms with Crippen molar-refractivity contribution in [3.8, 4) is 0 Å². The number of aliphatic carboxylic acids is 1. The van der Waals surface area contributed by atoms with Crippen molar-refractivity contribution in [3.05, 3.63) is 0 Å². The van der Waals surface area contributed by atoms with E-state index in [0.29, 0.717) is 19.4 Å². The van der Waals surface area contributed by atoms with Crippen molar-refractivity contribution in [2.24, 2.45) is 5.73 Å². The molecule has 0 aromatic carbocycles. The van der Waals surface area contributed by atoms with Gasteiger partial charge >= 0.3 is 5.97 Å². The second kappa shape index (κ2) is 7.48. The van der Waals surface area contributed by atoms with Crippen molar-refractivity contribution in [1.82, 2.24) is 5.32 Å². The lowest BCUT2D eigenvalue weighted by Crippen LogP contribution is -2.43. The zero-order valence-corrected chi connectivity index (χ0v) is 9.46. The van der Waals surface area contributed by atoms with Crippen LogP contribution in [0.15, 0.2) is 0 Å². The van der Waals surface area contributed by atoms with Crippen molar-refractivity contribution in [2.45, 2.75) is 37.6 Å². The number of nitrogens with one attached hydrogen (secondary N) is 1. The zero-order valence-electron chi connectivity index (χ0n) is 8.70. The van der Waals surface area contributed by atoms with E-state index in [0.717, 1.165) is 6.42 Å². The number of carbonyl (C=O) groups excluding carboxylic acids is 1. The van der Waals surface area contributed by atoms with E-state index in [1.165, 1.54) is 6.92 Å². The van der Waals surface area contributed by atoms with Gasteiger partial charge in [-0.3, -0.25) is 4.79 Å². The van der Waals surface area contributed by atoms with Gasteiger partial charge in [0.2, 0.25) is 5.91 Å². The molecule has 0 saturated carbocycles. The predicted molar refractivity (Wildman–Crippen MR) is 57.8 cm³/mol. The average Bonchev–Trinajstić information content (AvgIpc) is 2.15. The molecule has 0 saturated heterocycles. The Hall–Kier alpha value is -0.810. The zero-order chi connectivity index (χ0) is 11.8. The van der Waals surface area contributed by atoms with Crippen LogP contribution in [0.2, 0.25) is 0 Å². The average molecular weight is 237 g/mol. The van der Waals surface area contributed by atoms with Gasteiger partial charge in [0.05, 0.1) is 0 Å². The Balaban J connectivity index is 4.05. The van der Waals surface area contributed by atoms with E-state index in [-0.39, 0.29) is 0 Å². The van der Waals surface area contributed by atoms with Crippen LogP contribution in [-0.4, -0.2) is 34.9 Å². The molecule has 0 aromatic heterocycles. The fourth-order valence-electron chi connectivity index (χ4n) is 1.04. The van der Waals surface area contributed by atoms with E-state index in [4.69, 9.17) is 22.4 Å².